The van der Waals surface area contributed by atoms with Gasteiger partial charge in [0.25, 0.3) is 5.91 Å². The van der Waals surface area contributed by atoms with Gasteiger partial charge in [0.05, 0.1) is 16.0 Å². The number of nitrogens with one attached hydrogen (secondary N) is 1. The molecule has 0 aliphatic carbocycles. The number of aromatic nitrogens is 2. The van der Waals surface area contributed by atoms with Crippen molar-refractivity contribution in [1.82, 2.24) is 14.3 Å². The fourth-order valence-corrected chi connectivity index (χ4v) is 4.78. The van der Waals surface area contributed by atoms with Gasteiger partial charge in [-0.25, -0.2) is 12.8 Å². The van der Waals surface area contributed by atoms with Crippen LogP contribution in [-0.4, -0.2) is 41.7 Å². The fourth-order valence-electron chi connectivity index (χ4n) is 3.07. The minimum atomic E-state index is -3.70. The van der Waals surface area contributed by atoms with Crippen molar-refractivity contribution < 1.29 is 17.6 Å². The molecule has 0 bridgehead atoms. The van der Waals surface area contributed by atoms with E-state index in [9.17, 15) is 17.6 Å². The number of benzene rings is 2. The highest BCUT2D eigenvalue weighted by atomic mass is 32.2. The molecule has 1 amide bonds. The van der Waals surface area contributed by atoms with Crippen LogP contribution in [0.5, 0.6) is 0 Å². The normalized spacial score (nSPS) is 11.8. The van der Waals surface area contributed by atoms with Gasteiger partial charge in [-0.1, -0.05) is 19.9 Å². The quantitative estimate of drug-likeness (QED) is 0.665. The van der Waals surface area contributed by atoms with E-state index in [0.29, 0.717) is 18.7 Å². The van der Waals surface area contributed by atoms with Crippen LogP contribution < -0.4 is 5.32 Å². The molecule has 7 nitrogen and oxygen atoms in total. The van der Waals surface area contributed by atoms with Gasteiger partial charge in [-0.2, -0.15) is 4.31 Å². The number of hydrogen-bond donors (Lipinski definition) is 1. The maximum atomic E-state index is 13.9. The average Bonchev–Trinajstić information content (AvgIpc) is 2.69. The van der Waals surface area contributed by atoms with E-state index in [1.54, 1.807) is 32.9 Å². The van der Waals surface area contributed by atoms with Crippen molar-refractivity contribution in [3.63, 3.8) is 0 Å². The Morgan fingerprint density at radius 2 is 1.79 bits per heavy atom. The van der Waals surface area contributed by atoms with Crippen molar-refractivity contribution in [3.8, 4) is 0 Å². The van der Waals surface area contributed by atoms with E-state index in [1.807, 2.05) is 0 Å². The summed E-state index contributed by atoms with van der Waals surface area (Å²) in [5, 5.41) is 2.64. The minimum absolute atomic E-state index is 0.0156. The van der Waals surface area contributed by atoms with Crippen molar-refractivity contribution in [2.75, 3.05) is 18.4 Å². The highest BCUT2D eigenvalue weighted by Gasteiger charge is 2.24. The molecule has 0 spiro atoms. The number of carbonyl (C=O) groups excluding carboxylic acids is 1. The molecule has 1 aromatic heterocycles. The Balaban J connectivity index is 1.99. The summed E-state index contributed by atoms with van der Waals surface area (Å²) >= 11 is 0. The molecule has 29 heavy (non-hydrogen) atoms. The molecule has 0 aliphatic heterocycles. The molecule has 1 heterocycles. The second-order valence-corrected chi connectivity index (χ2v) is 8.31. The Labute approximate surface area is 168 Å². The predicted molar refractivity (Wildman–Crippen MR) is 109 cm³/mol. The zero-order valence-electron chi connectivity index (χ0n) is 16.3. The minimum Gasteiger partial charge on any atom is -0.322 e. The van der Waals surface area contributed by atoms with E-state index >= 15 is 0 Å². The van der Waals surface area contributed by atoms with Gasteiger partial charge >= 0.3 is 0 Å². The largest absolute Gasteiger partial charge is 0.322 e. The lowest BCUT2D eigenvalue weighted by atomic mass is 10.1. The summed E-state index contributed by atoms with van der Waals surface area (Å²) in [6.07, 6.45) is 2.82. The highest BCUT2D eigenvalue weighted by Crippen LogP contribution is 2.25. The first-order chi connectivity index (χ1) is 13.8. The van der Waals surface area contributed by atoms with Crippen molar-refractivity contribution in [1.29, 1.82) is 0 Å². The molecule has 0 aliphatic rings. The lowest BCUT2D eigenvalue weighted by Crippen LogP contribution is -2.31. The van der Waals surface area contributed by atoms with Crippen molar-refractivity contribution in [3.05, 3.63) is 59.7 Å². The fraction of sp³-hybridized carbons (Fsp3) is 0.250. The molecule has 9 heteroatoms. The third-order valence-corrected chi connectivity index (χ3v) is 6.74. The Hall–Kier alpha value is -2.91. The standard InChI is InChI=1S/C20H21FN4O3S/c1-4-25(5-2)29(27,28)18-12-15(7-6-13(18)3)24-20(26)16-10-14(21)11-17-19(16)23-9-8-22-17/h6-12H,4-5H2,1-3H3,(H,24,26). The van der Waals surface area contributed by atoms with E-state index in [-0.39, 0.29) is 27.2 Å². The second-order valence-electron chi connectivity index (χ2n) is 6.40. The van der Waals surface area contributed by atoms with Crippen LogP contribution in [-0.2, 0) is 10.0 Å². The zero-order valence-corrected chi connectivity index (χ0v) is 17.1. The molecule has 0 unspecified atom stereocenters. The van der Waals surface area contributed by atoms with Gasteiger partial charge in [0.2, 0.25) is 10.0 Å². The molecule has 2 aromatic carbocycles. The number of nitrogens with zero attached hydrogens (tertiary/aromatic N) is 3. The molecule has 152 valence electrons. The van der Waals surface area contributed by atoms with Gasteiger partial charge in [0.1, 0.15) is 11.3 Å². The molecule has 1 N–H and O–H groups in total. The summed E-state index contributed by atoms with van der Waals surface area (Å²) in [5.41, 5.74) is 1.38. The second kappa shape index (κ2) is 8.22. The number of sulfonamides is 1. The molecule has 0 radical (unpaired) electrons. The lowest BCUT2D eigenvalue weighted by molar-refractivity contribution is 0.102. The lowest BCUT2D eigenvalue weighted by Gasteiger charge is -2.20. The average molecular weight is 416 g/mol. The van der Waals surface area contributed by atoms with Crippen LogP contribution in [0.4, 0.5) is 10.1 Å². The van der Waals surface area contributed by atoms with Crippen molar-refractivity contribution in [2.45, 2.75) is 25.7 Å². The molecular weight excluding hydrogens is 395 g/mol. The first-order valence-corrected chi connectivity index (χ1v) is 10.5. The summed E-state index contributed by atoms with van der Waals surface area (Å²) in [4.78, 5) is 21.0. The summed E-state index contributed by atoms with van der Waals surface area (Å²) < 4.78 is 41.0. The Kier molecular flexibility index (Phi) is 5.90. The number of aryl methyl sites for hydroxylation is 1. The van der Waals surface area contributed by atoms with Crippen LogP contribution in [0.2, 0.25) is 0 Å². The third-order valence-electron chi connectivity index (χ3n) is 4.55. The number of fused-ring (bicyclic) bond motifs is 1. The van der Waals surface area contributed by atoms with Gasteiger partial charge in [-0.3, -0.25) is 14.8 Å². The van der Waals surface area contributed by atoms with Gasteiger partial charge in [-0.05, 0) is 30.7 Å². The number of rotatable bonds is 6. The van der Waals surface area contributed by atoms with E-state index < -0.39 is 21.7 Å². The Morgan fingerprint density at radius 1 is 1.10 bits per heavy atom. The van der Waals surface area contributed by atoms with E-state index in [1.165, 1.54) is 28.8 Å². The SMILES string of the molecule is CCN(CC)S(=O)(=O)c1cc(NC(=O)c2cc(F)cc3nccnc23)ccc1C. The number of halogens is 1. The molecule has 0 fully saturated rings. The molecule has 0 saturated heterocycles. The van der Waals surface area contributed by atoms with Gasteiger partial charge in [0, 0.05) is 37.2 Å². The maximum Gasteiger partial charge on any atom is 0.258 e. The van der Waals surface area contributed by atoms with Crippen LogP contribution >= 0.6 is 0 Å². The van der Waals surface area contributed by atoms with Crippen LogP contribution in [0.1, 0.15) is 29.8 Å². The maximum absolute atomic E-state index is 13.9. The van der Waals surface area contributed by atoms with E-state index in [4.69, 9.17) is 0 Å². The van der Waals surface area contributed by atoms with Crippen molar-refractivity contribution in [2.24, 2.45) is 0 Å². The number of amides is 1. The predicted octanol–water partition coefficient (Wildman–Crippen LogP) is 3.36. The highest BCUT2D eigenvalue weighted by molar-refractivity contribution is 7.89. The summed E-state index contributed by atoms with van der Waals surface area (Å²) in [7, 11) is -3.70. The monoisotopic (exact) mass is 416 g/mol. The number of hydrogen-bond acceptors (Lipinski definition) is 5. The molecular formula is C20H21FN4O3S. The molecule has 0 atom stereocenters. The molecule has 0 saturated carbocycles. The summed E-state index contributed by atoms with van der Waals surface area (Å²) in [6.45, 7) is 5.89. The van der Waals surface area contributed by atoms with Gasteiger partial charge in [-0.15, -0.1) is 0 Å². The third kappa shape index (κ3) is 4.10. The van der Waals surface area contributed by atoms with Crippen LogP contribution in [0.25, 0.3) is 11.0 Å². The molecule has 3 aromatic rings. The zero-order chi connectivity index (χ0) is 21.2. The number of anilines is 1. The number of carbonyl (C=O) groups is 1. The van der Waals surface area contributed by atoms with Gasteiger partial charge < -0.3 is 5.32 Å². The van der Waals surface area contributed by atoms with Gasteiger partial charge in [0.15, 0.2) is 0 Å². The Morgan fingerprint density at radius 3 is 2.48 bits per heavy atom. The first-order valence-electron chi connectivity index (χ1n) is 9.10. The summed E-state index contributed by atoms with van der Waals surface area (Å²) in [6, 6.07) is 6.90. The smallest absolute Gasteiger partial charge is 0.258 e. The topological polar surface area (TPSA) is 92.3 Å². The molecule has 3 rings (SSSR count). The van der Waals surface area contributed by atoms with Crippen LogP contribution in [0.15, 0.2) is 47.6 Å². The van der Waals surface area contributed by atoms with Crippen LogP contribution in [0.3, 0.4) is 0 Å². The van der Waals surface area contributed by atoms with E-state index in [2.05, 4.69) is 15.3 Å². The Bertz CT molecular complexity index is 1180. The summed E-state index contributed by atoms with van der Waals surface area (Å²) in [5.74, 6) is -1.22. The van der Waals surface area contributed by atoms with Crippen LogP contribution in [0, 0.1) is 12.7 Å². The first kappa shape index (κ1) is 20.8. The van der Waals surface area contributed by atoms with Crippen molar-refractivity contribution >= 4 is 32.7 Å². The van der Waals surface area contributed by atoms with E-state index in [0.717, 1.165) is 6.07 Å².